The van der Waals surface area contributed by atoms with Gasteiger partial charge in [-0.25, -0.2) is 4.57 Å². The number of hydrogen-bond acceptors (Lipinski definition) is 8. The van der Waals surface area contributed by atoms with Crippen LogP contribution >= 0.6 is 7.82 Å². The van der Waals surface area contributed by atoms with Crippen LogP contribution in [0.1, 0.15) is 142 Å². The summed E-state index contributed by atoms with van der Waals surface area (Å²) in [5.74, 6) is -0.409. The highest BCUT2D eigenvalue weighted by atomic mass is 31.2. The van der Waals surface area contributed by atoms with Crippen LogP contribution in [-0.2, 0) is 27.9 Å². The Kier molecular flexibility index (Phi) is 38.5. The predicted octanol–water partition coefficient (Wildman–Crippen LogP) is 11.1. The molecule has 0 aliphatic carbocycles. The monoisotopic (exact) mass is 779 g/mol. The summed E-state index contributed by atoms with van der Waals surface area (Å²) >= 11 is 0. The number of carbonyl (C=O) groups is 1. The number of hydrogen-bond donors (Lipinski definition) is 3. The summed E-state index contributed by atoms with van der Waals surface area (Å²) in [6, 6.07) is 0. The molecule has 0 aliphatic rings. The third-order valence-corrected chi connectivity index (χ3v) is 9.03. The summed E-state index contributed by atoms with van der Waals surface area (Å²) in [7, 11) is -4.53. The van der Waals surface area contributed by atoms with Crippen molar-refractivity contribution in [1.82, 2.24) is 0 Å². The number of ether oxygens (including phenoxy) is 2. The molecule has 0 heterocycles. The van der Waals surface area contributed by atoms with Gasteiger partial charge in [-0.2, -0.15) is 0 Å². The molecule has 0 fully saturated rings. The predicted molar refractivity (Wildman–Crippen MR) is 223 cm³/mol. The first-order valence-corrected chi connectivity index (χ1v) is 22.1. The number of allylic oxidation sites excluding steroid dienone is 14. The van der Waals surface area contributed by atoms with Crippen LogP contribution in [0.3, 0.4) is 0 Å². The minimum atomic E-state index is -4.53. The van der Waals surface area contributed by atoms with Crippen LogP contribution in [-0.4, -0.2) is 66.3 Å². The highest BCUT2D eigenvalue weighted by molar-refractivity contribution is 7.47. The molecule has 54 heavy (non-hydrogen) atoms. The SMILES string of the molecule is CC/C=C\C/C=C\C/C=C\C/C=C\CCCCCCCCC(=O)OC(COCCCCCC/C=C\C/C=C\C/C=C\CC)COP(=O)(O)OCC(O)CO. The van der Waals surface area contributed by atoms with E-state index in [2.05, 4.69) is 98.9 Å². The van der Waals surface area contributed by atoms with E-state index < -0.39 is 45.8 Å². The second kappa shape index (κ2) is 40.3. The molecule has 310 valence electrons. The molecule has 0 aromatic carbocycles. The Labute approximate surface area is 328 Å². The summed E-state index contributed by atoms with van der Waals surface area (Å²) in [4.78, 5) is 22.5. The van der Waals surface area contributed by atoms with Crippen molar-refractivity contribution in [2.45, 2.75) is 154 Å². The Bertz CT molecular complexity index is 1110. The summed E-state index contributed by atoms with van der Waals surface area (Å²) in [6.07, 6.45) is 48.2. The summed E-state index contributed by atoms with van der Waals surface area (Å²) < 4.78 is 33.3. The van der Waals surface area contributed by atoms with Crippen molar-refractivity contribution in [3.63, 3.8) is 0 Å². The standard InChI is InChI=1S/C44H75O9P/c1-3-5-7-9-11-13-15-17-19-20-21-22-23-24-26-28-30-32-34-36-44(47)53-43(41-52-54(48,49)51-39-42(46)38-45)40-50-37-35-33-31-29-27-25-18-16-14-12-10-8-6-4-2/h5-8,11-14,17-19,21-22,25,42-43,45-46H,3-4,9-10,15-16,20,23-24,26-41H2,1-2H3,(H,48,49)/b7-5-,8-6-,13-11-,14-12-,19-17-,22-21-,25-18-. The zero-order valence-corrected chi connectivity index (χ0v) is 34.5. The first-order chi connectivity index (χ1) is 26.3. The summed E-state index contributed by atoms with van der Waals surface area (Å²) in [5.41, 5.74) is 0. The Hall–Kier alpha value is -2.36. The van der Waals surface area contributed by atoms with Gasteiger partial charge in [-0.15, -0.1) is 0 Å². The number of esters is 1. The second-order valence-electron chi connectivity index (χ2n) is 13.2. The minimum Gasteiger partial charge on any atom is -0.457 e. The van der Waals surface area contributed by atoms with Crippen molar-refractivity contribution in [3.05, 3.63) is 85.1 Å². The Morgan fingerprint density at radius 1 is 0.574 bits per heavy atom. The highest BCUT2D eigenvalue weighted by Crippen LogP contribution is 2.43. The molecule has 0 radical (unpaired) electrons. The van der Waals surface area contributed by atoms with Crippen LogP contribution in [0, 0.1) is 0 Å². The van der Waals surface area contributed by atoms with Crippen molar-refractivity contribution >= 4 is 13.8 Å². The molecule has 3 unspecified atom stereocenters. The smallest absolute Gasteiger partial charge is 0.457 e. The molecule has 0 saturated carbocycles. The minimum absolute atomic E-state index is 0.0226. The van der Waals surface area contributed by atoms with Crippen molar-refractivity contribution in [1.29, 1.82) is 0 Å². The summed E-state index contributed by atoms with van der Waals surface area (Å²) in [6.45, 7) is 3.19. The van der Waals surface area contributed by atoms with Gasteiger partial charge >= 0.3 is 13.8 Å². The van der Waals surface area contributed by atoms with Gasteiger partial charge < -0.3 is 24.6 Å². The summed E-state index contributed by atoms with van der Waals surface area (Å²) in [5, 5.41) is 18.3. The zero-order valence-electron chi connectivity index (χ0n) is 33.7. The van der Waals surface area contributed by atoms with E-state index in [0.29, 0.717) is 13.0 Å². The molecule has 0 bridgehead atoms. The van der Waals surface area contributed by atoms with E-state index in [9.17, 15) is 19.4 Å². The van der Waals surface area contributed by atoms with Crippen LogP contribution in [0.2, 0.25) is 0 Å². The van der Waals surface area contributed by atoms with E-state index in [1.54, 1.807) is 0 Å². The van der Waals surface area contributed by atoms with Gasteiger partial charge in [-0.05, 0) is 83.5 Å². The van der Waals surface area contributed by atoms with Gasteiger partial charge in [0.05, 0.1) is 26.4 Å². The number of phosphoric acid groups is 1. The van der Waals surface area contributed by atoms with E-state index in [-0.39, 0.29) is 13.0 Å². The number of unbranched alkanes of at least 4 members (excludes halogenated alkanes) is 10. The van der Waals surface area contributed by atoms with E-state index in [4.69, 9.17) is 23.6 Å². The topological polar surface area (TPSA) is 132 Å². The molecular weight excluding hydrogens is 703 g/mol. The van der Waals surface area contributed by atoms with Gasteiger partial charge in [0.1, 0.15) is 12.2 Å². The molecule has 0 spiro atoms. The van der Waals surface area contributed by atoms with Gasteiger partial charge in [0.15, 0.2) is 0 Å². The lowest BCUT2D eigenvalue weighted by Gasteiger charge is -2.20. The lowest BCUT2D eigenvalue weighted by molar-refractivity contribution is -0.154. The largest absolute Gasteiger partial charge is 0.472 e. The molecule has 0 saturated heterocycles. The fourth-order valence-corrected chi connectivity index (χ4v) is 5.80. The van der Waals surface area contributed by atoms with Gasteiger partial charge in [0.2, 0.25) is 0 Å². The number of rotatable bonds is 38. The number of carbonyl (C=O) groups excluding carboxylic acids is 1. The van der Waals surface area contributed by atoms with Gasteiger partial charge in [0, 0.05) is 13.0 Å². The van der Waals surface area contributed by atoms with Crippen molar-refractivity contribution in [2.24, 2.45) is 0 Å². The van der Waals surface area contributed by atoms with E-state index in [1.807, 2.05) is 0 Å². The fourth-order valence-electron chi connectivity index (χ4n) is 5.01. The fraction of sp³-hybridized carbons (Fsp3) is 0.659. The first kappa shape index (κ1) is 51.6. The third-order valence-electron chi connectivity index (χ3n) is 8.08. The molecule has 0 aliphatic heterocycles. The zero-order chi connectivity index (χ0) is 39.6. The van der Waals surface area contributed by atoms with E-state index >= 15 is 0 Å². The Morgan fingerprint density at radius 3 is 1.50 bits per heavy atom. The second-order valence-corrected chi connectivity index (χ2v) is 14.7. The first-order valence-electron chi connectivity index (χ1n) is 20.6. The Balaban J connectivity index is 4.27. The maximum Gasteiger partial charge on any atom is 0.472 e. The number of phosphoric ester groups is 1. The average molecular weight is 779 g/mol. The van der Waals surface area contributed by atoms with E-state index in [1.165, 1.54) is 0 Å². The van der Waals surface area contributed by atoms with Crippen molar-refractivity contribution < 1.29 is 43.0 Å². The normalized spacial score (nSPS) is 15.0. The van der Waals surface area contributed by atoms with Gasteiger partial charge in [-0.1, -0.05) is 137 Å². The van der Waals surface area contributed by atoms with Gasteiger partial charge in [0.25, 0.3) is 0 Å². The van der Waals surface area contributed by atoms with Crippen molar-refractivity contribution in [3.8, 4) is 0 Å². The molecular formula is C44H75O9P. The third kappa shape index (κ3) is 39.3. The molecule has 0 aromatic rings. The molecule has 10 heteroatoms. The van der Waals surface area contributed by atoms with Crippen LogP contribution < -0.4 is 0 Å². The van der Waals surface area contributed by atoms with Crippen molar-refractivity contribution in [2.75, 3.05) is 33.0 Å². The maximum atomic E-state index is 12.6. The van der Waals surface area contributed by atoms with Crippen LogP contribution in [0.25, 0.3) is 0 Å². The molecule has 3 atom stereocenters. The lowest BCUT2D eigenvalue weighted by atomic mass is 10.1. The van der Waals surface area contributed by atoms with Crippen LogP contribution in [0.15, 0.2) is 85.1 Å². The molecule has 0 amide bonds. The highest BCUT2D eigenvalue weighted by Gasteiger charge is 2.26. The van der Waals surface area contributed by atoms with Crippen LogP contribution in [0.4, 0.5) is 0 Å². The molecule has 0 aromatic heterocycles. The van der Waals surface area contributed by atoms with Crippen LogP contribution in [0.5, 0.6) is 0 Å². The van der Waals surface area contributed by atoms with E-state index in [0.717, 1.165) is 116 Å². The molecule has 3 N–H and O–H groups in total. The average Bonchev–Trinajstić information content (AvgIpc) is 3.16. The van der Waals surface area contributed by atoms with Gasteiger partial charge in [-0.3, -0.25) is 13.8 Å². The quantitative estimate of drug-likeness (QED) is 0.0242. The lowest BCUT2D eigenvalue weighted by Crippen LogP contribution is -2.29. The number of aliphatic hydroxyl groups is 2. The molecule has 0 rings (SSSR count). The Morgan fingerprint density at radius 2 is 1.00 bits per heavy atom. The number of aliphatic hydroxyl groups excluding tert-OH is 2. The maximum absolute atomic E-state index is 12.6. The molecule has 9 nitrogen and oxygen atoms in total.